The van der Waals surface area contributed by atoms with Crippen molar-refractivity contribution in [2.45, 2.75) is 33.1 Å². The minimum absolute atomic E-state index is 0.250. The Hall–Kier alpha value is -0.900. The summed E-state index contributed by atoms with van der Waals surface area (Å²) >= 11 is 1.78. The molecular weight excluding hydrogens is 186 g/mol. The van der Waals surface area contributed by atoms with Crippen LogP contribution in [-0.2, 0) is 10.2 Å². The summed E-state index contributed by atoms with van der Waals surface area (Å²) in [6.07, 6.45) is 1.97. The normalized spacial score (nSPS) is 10.2. The Labute approximate surface area is 82.4 Å². The van der Waals surface area contributed by atoms with Gasteiger partial charge in [-0.25, -0.2) is 4.98 Å². The average Bonchev–Trinajstić information content (AvgIpc) is 2.35. The van der Waals surface area contributed by atoms with E-state index in [0.717, 1.165) is 5.01 Å². The van der Waals surface area contributed by atoms with Gasteiger partial charge in [0.15, 0.2) is 0 Å². The summed E-state index contributed by atoms with van der Waals surface area (Å²) in [5, 5.41) is 8.05. The third kappa shape index (κ3) is 4.62. The number of thiazole rings is 1. The second-order valence-corrected chi connectivity index (χ2v) is 4.83. The number of rotatable bonds is 0. The molecule has 1 heterocycles. The maximum atomic E-state index is 8.36. The van der Waals surface area contributed by atoms with Crippen LogP contribution in [0.2, 0.25) is 0 Å². The molecule has 3 nitrogen and oxygen atoms in total. The highest BCUT2D eigenvalue weighted by Crippen LogP contribution is 2.26. The zero-order valence-corrected chi connectivity index (χ0v) is 9.18. The van der Waals surface area contributed by atoms with E-state index >= 15 is 0 Å². The average molecular weight is 201 g/mol. The van der Waals surface area contributed by atoms with Crippen LogP contribution in [0.15, 0.2) is 6.20 Å². The minimum atomic E-state index is -0.250. The van der Waals surface area contributed by atoms with E-state index in [1.165, 1.54) is 4.88 Å². The van der Waals surface area contributed by atoms with Gasteiger partial charge in [-0.2, -0.15) is 0 Å². The first-order valence-corrected chi connectivity index (χ1v) is 4.74. The van der Waals surface area contributed by atoms with E-state index in [9.17, 15) is 0 Å². The van der Waals surface area contributed by atoms with Gasteiger partial charge in [-0.1, -0.05) is 20.8 Å². The Bertz CT molecular complexity index is 263. The quantitative estimate of drug-likeness (QED) is 0.656. The van der Waals surface area contributed by atoms with Gasteiger partial charge in [0.25, 0.3) is 6.47 Å². The summed E-state index contributed by atoms with van der Waals surface area (Å²) in [5.74, 6) is 0. The van der Waals surface area contributed by atoms with Crippen molar-refractivity contribution in [1.29, 1.82) is 0 Å². The minimum Gasteiger partial charge on any atom is -0.483 e. The molecule has 1 N–H and O–H groups in total. The van der Waals surface area contributed by atoms with Crippen LogP contribution < -0.4 is 0 Å². The van der Waals surface area contributed by atoms with Crippen molar-refractivity contribution in [3.05, 3.63) is 16.1 Å². The lowest BCUT2D eigenvalue weighted by Crippen LogP contribution is -2.07. The number of hydrogen-bond donors (Lipinski definition) is 1. The molecule has 0 aliphatic carbocycles. The van der Waals surface area contributed by atoms with Crippen LogP contribution in [0.25, 0.3) is 0 Å². The van der Waals surface area contributed by atoms with E-state index in [1.807, 2.05) is 13.1 Å². The standard InChI is InChI=1S/C8H13NS.CH2O2/c1-6-9-5-7(10-6)8(2,3)4;2-1-3/h5H,1-4H3;1H,(H,2,3). The van der Waals surface area contributed by atoms with Gasteiger partial charge < -0.3 is 5.11 Å². The van der Waals surface area contributed by atoms with Crippen LogP contribution in [0.3, 0.4) is 0 Å². The molecule has 0 aliphatic rings. The number of carboxylic acid groups (broad SMARTS) is 1. The highest BCUT2D eigenvalue weighted by molar-refractivity contribution is 7.11. The first-order valence-electron chi connectivity index (χ1n) is 3.92. The molecule has 0 bridgehead atoms. The largest absolute Gasteiger partial charge is 0.483 e. The fourth-order valence-electron chi connectivity index (χ4n) is 0.708. The third-order valence-electron chi connectivity index (χ3n) is 1.36. The van der Waals surface area contributed by atoms with Crippen LogP contribution >= 0.6 is 11.3 Å². The van der Waals surface area contributed by atoms with E-state index < -0.39 is 0 Å². The predicted octanol–water partition coefficient (Wildman–Crippen LogP) is 2.45. The lowest BCUT2D eigenvalue weighted by molar-refractivity contribution is -0.122. The van der Waals surface area contributed by atoms with Crippen molar-refractivity contribution >= 4 is 17.8 Å². The van der Waals surface area contributed by atoms with Crippen molar-refractivity contribution in [3.8, 4) is 0 Å². The Morgan fingerprint density at radius 3 is 2.15 bits per heavy atom. The molecule has 4 heteroatoms. The van der Waals surface area contributed by atoms with E-state index in [1.54, 1.807) is 11.3 Å². The van der Waals surface area contributed by atoms with E-state index in [0.29, 0.717) is 0 Å². The Morgan fingerprint density at radius 1 is 1.54 bits per heavy atom. The molecule has 74 valence electrons. The van der Waals surface area contributed by atoms with Crippen LogP contribution in [0.1, 0.15) is 30.7 Å². The molecule has 0 atom stereocenters. The topological polar surface area (TPSA) is 50.2 Å². The monoisotopic (exact) mass is 201 g/mol. The maximum Gasteiger partial charge on any atom is 0.290 e. The summed E-state index contributed by atoms with van der Waals surface area (Å²) in [4.78, 5) is 13.9. The smallest absolute Gasteiger partial charge is 0.290 e. The predicted molar refractivity (Wildman–Crippen MR) is 54.2 cm³/mol. The van der Waals surface area contributed by atoms with Crippen molar-refractivity contribution < 1.29 is 9.90 Å². The van der Waals surface area contributed by atoms with Crippen molar-refractivity contribution in [3.63, 3.8) is 0 Å². The van der Waals surface area contributed by atoms with Gasteiger partial charge in [-0.3, -0.25) is 4.79 Å². The highest BCUT2D eigenvalue weighted by atomic mass is 32.1. The lowest BCUT2D eigenvalue weighted by atomic mass is 9.96. The van der Waals surface area contributed by atoms with Gasteiger partial charge in [0, 0.05) is 11.1 Å². The first kappa shape index (κ1) is 12.1. The summed E-state index contributed by atoms with van der Waals surface area (Å²) in [6.45, 7) is 8.42. The Kier molecular flexibility index (Phi) is 4.62. The molecule has 0 fully saturated rings. The fraction of sp³-hybridized carbons (Fsp3) is 0.556. The Balaban J connectivity index is 0.000000424. The zero-order valence-electron chi connectivity index (χ0n) is 8.37. The summed E-state index contributed by atoms with van der Waals surface area (Å²) in [6, 6.07) is 0. The number of hydrogen-bond acceptors (Lipinski definition) is 3. The van der Waals surface area contributed by atoms with Crippen LogP contribution in [-0.4, -0.2) is 16.6 Å². The molecule has 0 saturated heterocycles. The van der Waals surface area contributed by atoms with Gasteiger partial charge in [-0.05, 0) is 12.3 Å². The molecule has 0 saturated carbocycles. The van der Waals surface area contributed by atoms with Gasteiger partial charge in [-0.15, -0.1) is 11.3 Å². The van der Waals surface area contributed by atoms with Crippen molar-refractivity contribution in [2.24, 2.45) is 0 Å². The van der Waals surface area contributed by atoms with Crippen LogP contribution in [0.5, 0.6) is 0 Å². The molecule has 0 amide bonds. The van der Waals surface area contributed by atoms with Crippen molar-refractivity contribution in [2.75, 3.05) is 0 Å². The molecule has 1 rings (SSSR count). The molecule has 1 aromatic rings. The first-order chi connectivity index (χ1) is 5.91. The lowest BCUT2D eigenvalue weighted by Gasteiger charge is -2.14. The van der Waals surface area contributed by atoms with E-state index in [-0.39, 0.29) is 11.9 Å². The number of aromatic nitrogens is 1. The van der Waals surface area contributed by atoms with E-state index in [4.69, 9.17) is 9.90 Å². The second kappa shape index (κ2) is 4.97. The molecular formula is C9H15NO2S. The molecule has 0 unspecified atom stereocenters. The van der Waals surface area contributed by atoms with E-state index in [2.05, 4.69) is 25.8 Å². The number of carbonyl (C=O) groups is 1. The molecule has 0 radical (unpaired) electrons. The summed E-state index contributed by atoms with van der Waals surface area (Å²) < 4.78 is 0. The van der Waals surface area contributed by atoms with Crippen LogP contribution in [0.4, 0.5) is 0 Å². The molecule has 0 aliphatic heterocycles. The summed E-state index contributed by atoms with van der Waals surface area (Å²) in [5.41, 5.74) is 0.270. The Morgan fingerprint density at radius 2 is 2.00 bits per heavy atom. The molecule has 0 aromatic carbocycles. The van der Waals surface area contributed by atoms with Gasteiger partial charge in [0.05, 0.1) is 5.01 Å². The van der Waals surface area contributed by atoms with Gasteiger partial charge >= 0.3 is 0 Å². The third-order valence-corrected chi connectivity index (χ3v) is 2.70. The van der Waals surface area contributed by atoms with Gasteiger partial charge in [0.2, 0.25) is 0 Å². The maximum absolute atomic E-state index is 8.36. The highest BCUT2D eigenvalue weighted by Gasteiger charge is 2.15. The number of aryl methyl sites for hydroxylation is 1. The molecule has 13 heavy (non-hydrogen) atoms. The zero-order chi connectivity index (χ0) is 10.5. The fourth-order valence-corrected chi connectivity index (χ4v) is 1.54. The molecule has 0 spiro atoms. The summed E-state index contributed by atoms with van der Waals surface area (Å²) in [7, 11) is 0. The van der Waals surface area contributed by atoms with Gasteiger partial charge in [0.1, 0.15) is 0 Å². The van der Waals surface area contributed by atoms with Crippen molar-refractivity contribution in [1.82, 2.24) is 4.98 Å². The second-order valence-electron chi connectivity index (χ2n) is 3.60. The SMILES string of the molecule is Cc1ncc(C(C)(C)C)s1.O=CO. The van der Waals surface area contributed by atoms with Crippen LogP contribution in [0, 0.1) is 6.92 Å². The molecule has 1 aromatic heterocycles. The number of nitrogens with zero attached hydrogens (tertiary/aromatic N) is 1.